The highest BCUT2D eigenvalue weighted by Gasteiger charge is 2.31. The van der Waals surface area contributed by atoms with Crippen LogP contribution < -0.4 is 5.32 Å². The van der Waals surface area contributed by atoms with Crippen molar-refractivity contribution in [1.29, 1.82) is 0 Å². The molecule has 7 heteroatoms. The average Bonchev–Trinajstić information content (AvgIpc) is 2.71. The van der Waals surface area contributed by atoms with Gasteiger partial charge in [-0.1, -0.05) is 26.8 Å². The van der Waals surface area contributed by atoms with Crippen molar-refractivity contribution in [2.75, 3.05) is 5.32 Å². The van der Waals surface area contributed by atoms with Gasteiger partial charge in [0.1, 0.15) is 0 Å². The van der Waals surface area contributed by atoms with Crippen LogP contribution in [0, 0.1) is 5.41 Å². The number of allylic oxidation sites excluding steroid dienone is 4. The highest BCUT2D eigenvalue weighted by molar-refractivity contribution is 5.94. The lowest BCUT2D eigenvalue weighted by Gasteiger charge is -2.18. The first-order chi connectivity index (χ1) is 11.5. The second-order valence-electron chi connectivity index (χ2n) is 7.21. The molecule has 0 aliphatic heterocycles. The molecule has 1 aliphatic rings. The number of rotatable bonds is 3. The number of aromatic nitrogens is 2. The Bertz CT molecular complexity index is 899. The molecule has 1 amide bonds. The van der Waals surface area contributed by atoms with Crippen LogP contribution >= 0.6 is 0 Å². The Hall–Kier alpha value is -2.57. The molecule has 3 rings (SSSR count). The van der Waals surface area contributed by atoms with Crippen LogP contribution in [0.4, 0.5) is 19.1 Å². The van der Waals surface area contributed by atoms with Gasteiger partial charge in [0.25, 0.3) is 0 Å². The van der Waals surface area contributed by atoms with Gasteiger partial charge >= 0.3 is 6.18 Å². The number of imidazole rings is 1. The van der Waals surface area contributed by atoms with Gasteiger partial charge in [0.2, 0.25) is 11.9 Å². The van der Waals surface area contributed by atoms with E-state index in [4.69, 9.17) is 0 Å². The lowest BCUT2D eigenvalue weighted by molar-refractivity contribution is -0.137. The molecule has 0 saturated heterocycles. The molecule has 1 heterocycles. The highest BCUT2D eigenvalue weighted by Crippen LogP contribution is 2.34. The number of amides is 1. The van der Waals surface area contributed by atoms with Gasteiger partial charge in [-0.3, -0.25) is 14.7 Å². The molecule has 0 saturated carbocycles. The predicted octanol–water partition coefficient (Wildman–Crippen LogP) is 4.84. The fourth-order valence-electron chi connectivity index (χ4n) is 2.58. The number of fused-ring (bicyclic) bond motifs is 1. The summed E-state index contributed by atoms with van der Waals surface area (Å²) in [4.78, 5) is 16.5. The fraction of sp³-hybridized carbons (Fsp3) is 0.333. The second-order valence-corrected chi connectivity index (χ2v) is 7.21. The van der Waals surface area contributed by atoms with Gasteiger partial charge in [-0.05, 0) is 35.8 Å². The van der Waals surface area contributed by atoms with Gasteiger partial charge in [-0.15, -0.1) is 0 Å². The number of hydrogen-bond donors (Lipinski definition) is 1. The molecule has 25 heavy (non-hydrogen) atoms. The molecular weight excluding hydrogens is 331 g/mol. The minimum Gasteiger partial charge on any atom is -0.296 e. The number of anilines is 1. The van der Waals surface area contributed by atoms with Crippen LogP contribution in [0.15, 0.2) is 36.4 Å². The standard InChI is InChI=1S/C18H18F3N3O/c1-17(2,3)10-15(25)23-16-22-13-8-7-11(18(19,20)21)9-14(13)24(16)12-5-4-6-12/h4-9H,10H2,1-3H3,(H,22,23,25). The maximum atomic E-state index is 13.0. The summed E-state index contributed by atoms with van der Waals surface area (Å²) < 4.78 is 40.6. The second kappa shape index (κ2) is 5.75. The number of nitrogens with one attached hydrogen (secondary N) is 1. The zero-order chi connectivity index (χ0) is 18.4. The van der Waals surface area contributed by atoms with E-state index in [-0.39, 0.29) is 23.7 Å². The predicted molar refractivity (Wildman–Crippen MR) is 90.8 cm³/mol. The smallest absolute Gasteiger partial charge is 0.296 e. The third kappa shape index (κ3) is 3.60. The van der Waals surface area contributed by atoms with E-state index in [0.717, 1.165) is 12.1 Å². The van der Waals surface area contributed by atoms with Crippen LogP contribution in [0.1, 0.15) is 32.8 Å². The lowest BCUT2D eigenvalue weighted by atomic mass is 9.92. The van der Waals surface area contributed by atoms with Crippen molar-refractivity contribution in [3.05, 3.63) is 42.0 Å². The maximum absolute atomic E-state index is 13.0. The first-order valence-electron chi connectivity index (χ1n) is 7.83. The summed E-state index contributed by atoms with van der Waals surface area (Å²) in [7, 11) is 0. The van der Waals surface area contributed by atoms with E-state index in [9.17, 15) is 18.0 Å². The quantitative estimate of drug-likeness (QED) is 0.862. The van der Waals surface area contributed by atoms with E-state index in [1.165, 1.54) is 10.6 Å². The first kappa shape index (κ1) is 17.3. The van der Waals surface area contributed by atoms with Gasteiger partial charge < -0.3 is 0 Å². The molecule has 1 aromatic heterocycles. The Morgan fingerprint density at radius 1 is 1.24 bits per heavy atom. The van der Waals surface area contributed by atoms with Crippen LogP contribution in [0.3, 0.4) is 0 Å². The van der Waals surface area contributed by atoms with Crippen molar-refractivity contribution in [2.24, 2.45) is 5.41 Å². The molecule has 1 N–H and O–H groups in total. The number of halogens is 3. The summed E-state index contributed by atoms with van der Waals surface area (Å²) in [6, 6.07) is 3.36. The zero-order valence-electron chi connectivity index (χ0n) is 14.1. The van der Waals surface area contributed by atoms with Gasteiger partial charge in [0.15, 0.2) is 0 Å². The summed E-state index contributed by atoms with van der Waals surface area (Å²) in [6.45, 7) is 5.80. The molecule has 0 atom stereocenters. The Morgan fingerprint density at radius 3 is 2.44 bits per heavy atom. The number of carbonyl (C=O) groups excluding carboxylic acids is 1. The largest absolute Gasteiger partial charge is 0.416 e. The average molecular weight is 349 g/mol. The number of hydrogen-bond acceptors (Lipinski definition) is 2. The molecular formula is C18H18F3N3O. The molecule has 0 bridgehead atoms. The lowest BCUT2D eigenvalue weighted by Crippen LogP contribution is -2.21. The summed E-state index contributed by atoms with van der Waals surface area (Å²) in [5.74, 6) is -0.0109. The van der Waals surface area contributed by atoms with Crippen molar-refractivity contribution < 1.29 is 18.0 Å². The van der Waals surface area contributed by atoms with Gasteiger partial charge in [0, 0.05) is 12.1 Å². The molecule has 1 aromatic carbocycles. The summed E-state index contributed by atoms with van der Waals surface area (Å²) in [5, 5.41) is 2.72. The Morgan fingerprint density at radius 2 is 1.92 bits per heavy atom. The monoisotopic (exact) mass is 349 g/mol. The third-order valence-corrected chi connectivity index (χ3v) is 3.72. The first-order valence-corrected chi connectivity index (χ1v) is 7.83. The van der Waals surface area contributed by atoms with E-state index in [1.807, 2.05) is 20.8 Å². The molecule has 2 aromatic rings. The van der Waals surface area contributed by atoms with Crippen LogP contribution in [0.25, 0.3) is 16.7 Å². The van der Waals surface area contributed by atoms with Crippen molar-refractivity contribution in [3.8, 4) is 0 Å². The van der Waals surface area contributed by atoms with Crippen molar-refractivity contribution in [2.45, 2.75) is 33.4 Å². The number of nitrogens with zero attached hydrogens (tertiary/aromatic N) is 2. The van der Waals surface area contributed by atoms with Gasteiger partial charge in [0.05, 0.1) is 16.6 Å². The molecule has 4 nitrogen and oxygen atoms in total. The van der Waals surface area contributed by atoms with Crippen LogP contribution in [-0.2, 0) is 11.0 Å². The van der Waals surface area contributed by atoms with E-state index in [0.29, 0.717) is 16.7 Å². The summed E-state index contributed by atoms with van der Waals surface area (Å²) in [5.41, 5.74) is 0.405. The van der Waals surface area contributed by atoms with E-state index in [1.54, 1.807) is 18.2 Å². The maximum Gasteiger partial charge on any atom is 0.416 e. The number of carbonyl (C=O) groups is 1. The summed E-state index contributed by atoms with van der Waals surface area (Å²) in [6.07, 6.45) is 1.11. The molecule has 1 aliphatic carbocycles. The molecule has 0 fully saturated rings. The summed E-state index contributed by atoms with van der Waals surface area (Å²) >= 11 is 0. The molecule has 0 unspecified atom stereocenters. The van der Waals surface area contributed by atoms with Crippen LogP contribution in [0.2, 0.25) is 0 Å². The van der Waals surface area contributed by atoms with Crippen molar-refractivity contribution in [1.82, 2.24) is 9.55 Å². The van der Waals surface area contributed by atoms with E-state index >= 15 is 0 Å². The molecule has 132 valence electrons. The van der Waals surface area contributed by atoms with E-state index < -0.39 is 11.7 Å². The molecule has 0 radical (unpaired) electrons. The molecule has 0 spiro atoms. The van der Waals surface area contributed by atoms with Gasteiger partial charge in [-0.2, -0.15) is 13.2 Å². The Kier molecular flexibility index (Phi) is 3.97. The third-order valence-electron chi connectivity index (χ3n) is 3.72. The SMILES string of the molecule is CC(C)(C)CC(=O)Nc1nc2ccc(C(F)(F)F)cc2n1C1=CC=C1. The highest BCUT2D eigenvalue weighted by atomic mass is 19.4. The fourth-order valence-corrected chi connectivity index (χ4v) is 2.58. The zero-order valence-corrected chi connectivity index (χ0v) is 14.1. The minimum atomic E-state index is -4.44. The van der Waals surface area contributed by atoms with Crippen molar-refractivity contribution >= 4 is 28.6 Å². The van der Waals surface area contributed by atoms with Crippen LogP contribution in [0.5, 0.6) is 0 Å². The van der Waals surface area contributed by atoms with Crippen molar-refractivity contribution in [3.63, 3.8) is 0 Å². The Balaban J connectivity index is 2.05. The Labute approximate surface area is 143 Å². The minimum absolute atomic E-state index is 0.208. The van der Waals surface area contributed by atoms with E-state index in [2.05, 4.69) is 10.3 Å². The normalized spacial score (nSPS) is 14.4. The number of benzene rings is 1. The van der Waals surface area contributed by atoms with Crippen LogP contribution in [-0.4, -0.2) is 15.5 Å². The number of alkyl halides is 3. The topological polar surface area (TPSA) is 46.9 Å². The van der Waals surface area contributed by atoms with Gasteiger partial charge in [-0.25, -0.2) is 4.98 Å².